The molecular formula is C23H37N3O2. The minimum atomic E-state index is -0.222. The minimum absolute atomic E-state index is 0.00760. The first-order chi connectivity index (χ1) is 13.0. The highest BCUT2D eigenvalue weighted by molar-refractivity contribution is 5.96. The normalized spacial score (nSPS) is 18.6. The lowest BCUT2D eigenvalue weighted by molar-refractivity contribution is -0.120. The third-order valence-corrected chi connectivity index (χ3v) is 5.65. The first-order valence-corrected chi connectivity index (χ1v) is 10.4. The van der Waals surface area contributed by atoms with Crippen molar-refractivity contribution in [1.29, 1.82) is 0 Å². The van der Waals surface area contributed by atoms with E-state index in [1.54, 1.807) is 0 Å². The van der Waals surface area contributed by atoms with Crippen LogP contribution in [0.3, 0.4) is 0 Å². The van der Waals surface area contributed by atoms with E-state index in [0.29, 0.717) is 18.0 Å². The summed E-state index contributed by atoms with van der Waals surface area (Å²) in [5.41, 5.74) is 1.71. The zero-order chi connectivity index (χ0) is 20.9. The first kappa shape index (κ1) is 22.4. The van der Waals surface area contributed by atoms with Crippen LogP contribution in [0.5, 0.6) is 0 Å². The Labute approximate surface area is 170 Å². The summed E-state index contributed by atoms with van der Waals surface area (Å²) in [6.07, 6.45) is 2.49. The van der Waals surface area contributed by atoms with Crippen LogP contribution in [0.1, 0.15) is 70.3 Å². The van der Waals surface area contributed by atoms with E-state index in [1.807, 2.05) is 24.3 Å². The molecule has 1 aromatic carbocycles. The van der Waals surface area contributed by atoms with Crippen molar-refractivity contribution in [3.8, 4) is 0 Å². The molecule has 5 heteroatoms. The molecule has 0 aromatic heterocycles. The van der Waals surface area contributed by atoms with Crippen molar-refractivity contribution in [2.75, 3.05) is 26.2 Å². The molecule has 156 valence electrons. The van der Waals surface area contributed by atoms with Gasteiger partial charge in [0, 0.05) is 24.2 Å². The average Bonchev–Trinajstić information content (AvgIpc) is 2.64. The number of rotatable bonds is 6. The zero-order valence-electron chi connectivity index (χ0n) is 18.4. The zero-order valence-corrected chi connectivity index (χ0v) is 18.4. The Morgan fingerprint density at radius 1 is 1.07 bits per heavy atom. The van der Waals surface area contributed by atoms with Crippen molar-refractivity contribution in [2.24, 2.45) is 5.92 Å². The van der Waals surface area contributed by atoms with Crippen molar-refractivity contribution in [3.05, 3.63) is 35.4 Å². The van der Waals surface area contributed by atoms with Gasteiger partial charge in [-0.3, -0.25) is 14.5 Å². The summed E-state index contributed by atoms with van der Waals surface area (Å²) < 4.78 is 0. The molecule has 1 aliphatic rings. The van der Waals surface area contributed by atoms with Gasteiger partial charge >= 0.3 is 0 Å². The van der Waals surface area contributed by atoms with Gasteiger partial charge in [0.1, 0.15) is 0 Å². The second-order valence-corrected chi connectivity index (χ2v) is 9.79. The maximum absolute atomic E-state index is 12.3. The molecule has 2 amide bonds. The lowest BCUT2D eigenvalue weighted by Gasteiger charge is -2.43. The summed E-state index contributed by atoms with van der Waals surface area (Å²) in [6, 6.07) is 7.57. The standard InChI is InChI=1S/C23H37N3O2/c1-17-8-7-13-26(15-17)23(5,6)16-25-20(27)14-24-21(28)18-9-11-19(12-10-18)22(2,3)4/h9-12,17H,7-8,13-16H2,1-6H3,(H,24,28)(H,25,27). The number of likely N-dealkylation sites (tertiary alicyclic amines) is 1. The predicted octanol–water partition coefficient (Wildman–Crippen LogP) is 3.34. The van der Waals surface area contributed by atoms with E-state index >= 15 is 0 Å². The van der Waals surface area contributed by atoms with E-state index in [2.05, 4.69) is 57.1 Å². The van der Waals surface area contributed by atoms with Gasteiger partial charge in [0.05, 0.1) is 6.54 Å². The molecular weight excluding hydrogens is 350 g/mol. The van der Waals surface area contributed by atoms with E-state index in [9.17, 15) is 9.59 Å². The van der Waals surface area contributed by atoms with Crippen LogP contribution in [-0.4, -0.2) is 48.4 Å². The van der Waals surface area contributed by atoms with Gasteiger partial charge in [-0.2, -0.15) is 0 Å². The number of benzene rings is 1. The summed E-state index contributed by atoms with van der Waals surface area (Å²) in [4.78, 5) is 27.0. The molecule has 1 fully saturated rings. The fourth-order valence-corrected chi connectivity index (χ4v) is 3.61. The van der Waals surface area contributed by atoms with E-state index in [1.165, 1.54) is 18.4 Å². The van der Waals surface area contributed by atoms with Crippen molar-refractivity contribution >= 4 is 11.8 Å². The van der Waals surface area contributed by atoms with Gasteiger partial charge in [-0.1, -0.05) is 39.8 Å². The largest absolute Gasteiger partial charge is 0.353 e. The third kappa shape index (κ3) is 6.33. The Balaban J connectivity index is 1.79. The summed E-state index contributed by atoms with van der Waals surface area (Å²) in [5.74, 6) is 0.324. The Kier molecular flexibility index (Phi) is 7.27. The molecule has 2 rings (SSSR count). The van der Waals surface area contributed by atoms with Gasteiger partial charge in [0.25, 0.3) is 5.91 Å². The summed E-state index contributed by atoms with van der Waals surface area (Å²) in [5, 5.41) is 5.69. The highest BCUT2D eigenvalue weighted by atomic mass is 16.2. The Hall–Kier alpha value is -1.88. The van der Waals surface area contributed by atoms with E-state index in [-0.39, 0.29) is 29.3 Å². The monoisotopic (exact) mass is 387 g/mol. The number of piperidine rings is 1. The minimum Gasteiger partial charge on any atom is -0.353 e. The quantitative estimate of drug-likeness (QED) is 0.787. The van der Waals surface area contributed by atoms with E-state index in [4.69, 9.17) is 0 Å². The number of hydrogen-bond acceptors (Lipinski definition) is 3. The fourth-order valence-electron chi connectivity index (χ4n) is 3.61. The topological polar surface area (TPSA) is 61.4 Å². The second kappa shape index (κ2) is 9.08. The van der Waals surface area contributed by atoms with Crippen LogP contribution in [0.15, 0.2) is 24.3 Å². The molecule has 5 nitrogen and oxygen atoms in total. The van der Waals surface area contributed by atoms with Crippen molar-refractivity contribution in [1.82, 2.24) is 15.5 Å². The van der Waals surface area contributed by atoms with Crippen LogP contribution in [0.25, 0.3) is 0 Å². The van der Waals surface area contributed by atoms with Gasteiger partial charge in [-0.25, -0.2) is 0 Å². The molecule has 0 spiro atoms. The van der Waals surface area contributed by atoms with Crippen molar-refractivity contribution < 1.29 is 9.59 Å². The van der Waals surface area contributed by atoms with E-state index in [0.717, 1.165) is 13.1 Å². The molecule has 1 aliphatic heterocycles. The van der Waals surface area contributed by atoms with E-state index < -0.39 is 0 Å². The van der Waals surface area contributed by atoms with Gasteiger partial charge in [0.2, 0.25) is 5.91 Å². The average molecular weight is 388 g/mol. The smallest absolute Gasteiger partial charge is 0.251 e. The number of nitrogens with zero attached hydrogens (tertiary/aromatic N) is 1. The number of amides is 2. The summed E-state index contributed by atoms with van der Waals surface area (Å²) >= 11 is 0. The first-order valence-electron chi connectivity index (χ1n) is 10.4. The van der Waals surface area contributed by atoms with Crippen molar-refractivity contribution in [2.45, 2.75) is 65.3 Å². The molecule has 1 heterocycles. The van der Waals surface area contributed by atoms with Crippen LogP contribution in [0, 0.1) is 5.92 Å². The Morgan fingerprint density at radius 3 is 2.29 bits per heavy atom. The van der Waals surface area contributed by atoms with Crippen LogP contribution >= 0.6 is 0 Å². The Morgan fingerprint density at radius 2 is 1.71 bits per heavy atom. The number of carbonyl (C=O) groups excluding carboxylic acids is 2. The SMILES string of the molecule is CC1CCCN(C(C)(C)CNC(=O)CNC(=O)c2ccc(C(C)(C)C)cc2)C1. The lowest BCUT2D eigenvalue weighted by Crippen LogP contribution is -2.55. The van der Waals surface area contributed by atoms with Gasteiger partial charge in [0.15, 0.2) is 0 Å². The molecule has 28 heavy (non-hydrogen) atoms. The molecule has 1 atom stereocenters. The molecule has 1 aromatic rings. The molecule has 1 unspecified atom stereocenters. The molecule has 2 N–H and O–H groups in total. The van der Waals surface area contributed by atoms with Crippen LogP contribution < -0.4 is 10.6 Å². The van der Waals surface area contributed by atoms with Gasteiger partial charge in [-0.15, -0.1) is 0 Å². The number of carbonyl (C=O) groups is 2. The molecule has 0 aliphatic carbocycles. The second-order valence-electron chi connectivity index (χ2n) is 9.79. The van der Waals surface area contributed by atoms with Crippen LogP contribution in [0.2, 0.25) is 0 Å². The molecule has 0 bridgehead atoms. The highest BCUT2D eigenvalue weighted by Gasteiger charge is 2.30. The third-order valence-electron chi connectivity index (χ3n) is 5.65. The molecule has 1 saturated heterocycles. The lowest BCUT2D eigenvalue weighted by atomic mass is 9.87. The summed E-state index contributed by atoms with van der Waals surface area (Å²) in [6.45, 7) is 15.8. The van der Waals surface area contributed by atoms with Gasteiger partial charge in [-0.05, 0) is 62.3 Å². The predicted molar refractivity (Wildman–Crippen MR) is 115 cm³/mol. The number of hydrogen-bond donors (Lipinski definition) is 2. The van der Waals surface area contributed by atoms with Crippen LogP contribution in [-0.2, 0) is 10.2 Å². The fraction of sp³-hybridized carbons (Fsp3) is 0.652. The number of nitrogens with one attached hydrogen (secondary N) is 2. The summed E-state index contributed by atoms with van der Waals surface area (Å²) in [7, 11) is 0. The van der Waals surface area contributed by atoms with Gasteiger partial charge < -0.3 is 10.6 Å². The maximum Gasteiger partial charge on any atom is 0.251 e. The van der Waals surface area contributed by atoms with Crippen LogP contribution in [0.4, 0.5) is 0 Å². The highest BCUT2D eigenvalue weighted by Crippen LogP contribution is 2.23. The van der Waals surface area contributed by atoms with Crippen molar-refractivity contribution in [3.63, 3.8) is 0 Å². The Bertz CT molecular complexity index is 674. The maximum atomic E-state index is 12.3. The molecule has 0 saturated carbocycles. The molecule has 0 radical (unpaired) electrons.